The second-order valence-electron chi connectivity index (χ2n) is 5.25. The van der Waals surface area contributed by atoms with Crippen molar-refractivity contribution in [3.63, 3.8) is 0 Å². The van der Waals surface area contributed by atoms with E-state index in [-0.39, 0.29) is 12.2 Å². The van der Waals surface area contributed by atoms with Gasteiger partial charge in [0, 0.05) is 24.6 Å². The first-order chi connectivity index (χ1) is 10.2. The molecular weight excluding hydrogens is 262 g/mol. The molecule has 1 aromatic heterocycles. The highest BCUT2D eigenvalue weighted by Gasteiger charge is 2.02. The Morgan fingerprint density at radius 2 is 1.76 bits per heavy atom. The summed E-state index contributed by atoms with van der Waals surface area (Å²) in [6.45, 7) is 2.07. The van der Waals surface area contributed by atoms with Crippen LogP contribution in [0.25, 0.3) is 16.5 Å². The molecule has 2 aromatic carbocycles. The van der Waals surface area contributed by atoms with Gasteiger partial charge in [-0.15, -0.1) is 0 Å². The lowest BCUT2D eigenvalue weighted by atomic mass is 10.0. The van der Waals surface area contributed by atoms with E-state index in [1.807, 2.05) is 43.3 Å². The summed E-state index contributed by atoms with van der Waals surface area (Å²) in [4.78, 5) is 12.1. The van der Waals surface area contributed by atoms with Gasteiger partial charge < -0.3 is 5.11 Å². The first kappa shape index (κ1) is 13.6. The van der Waals surface area contributed by atoms with Crippen molar-refractivity contribution in [3.05, 3.63) is 76.2 Å². The van der Waals surface area contributed by atoms with Crippen molar-refractivity contribution in [3.8, 4) is 5.69 Å². The van der Waals surface area contributed by atoms with Gasteiger partial charge in [-0.3, -0.25) is 9.36 Å². The van der Waals surface area contributed by atoms with Gasteiger partial charge in [0.25, 0.3) is 5.56 Å². The quantitative estimate of drug-likeness (QED) is 0.801. The number of pyridine rings is 1. The normalized spacial score (nSPS) is 11.0. The maximum Gasteiger partial charge on any atom is 0.255 e. The Morgan fingerprint density at radius 3 is 2.52 bits per heavy atom. The molecule has 3 heteroatoms. The highest BCUT2D eigenvalue weighted by Crippen LogP contribution is 2.20. The molecule has 1 N–H and O–H groups in total. The Balaban J connectivity index is 2.09. The van der Waals surface area contributed by atoms with E-state index >= 15 is 0 Å². The molecule has 3 rings (SSSR count). The predicted octanol–water partition coefficient (Wildman–Crippen LogP) is 2.83. The molecule has 0 saturated carbocycles. The molecule has 0 saturated heterocycles. The molecule has 106 valence electrons. The molecule has 0 aliphatic heterocycles. The monoisotopic (exact) mass is 279 g/mol. The number of aliphatic hydroxyl groups is 1. The van der Waals surface area contributed by atoms with Crippen molar-refractivity contribution in [1.82, 2.24) is 4.57 Å². The molecule has 0 aliphatic rings. The Labute approximate surface area is 123 Å². The lowest BCUT2D eigenvalue weighted by Crippen LogP contribution is -2.16. The molecule has 0 radical (unpaired) electrons. The van der Waals surface area contributed by atoms with E-state index in [0.717, 1.165) is 27.6 Å². The summed E-state index contributed by atoms with van der Waals surface area (Å²) in [6, 6.07) is 15.6. The molecular formula is C18H17NO2. The predicted molar refractivity (Wildman–Crippen MR) is 85.1 cm³/mol. The van der Waals surface area contributed by atoms with Crippen LogP contribution in [-0.2, 0) is 6.42 Å². The molecule has 0 spiro atoms. The topological polar surface area (TPSA) is 42.2 Å². The van der Waals surface area contributed by atoms with Crippen LogP contribution in [0.5, 0.6) is 0 Å². The van der Waals surface area contributed by atoms with Crippen LogP contribution in [0.4, 0.5) is 0 Å². The van der Waals surface area contributed by atoms with Crippen LogP contribution in [0.1, 0.15) is 11.1 Å². The van der Waals surface area contributed by atoms with Crippen molar-refractivity contribution < 1.29 is 5.11 Å². The third-order valence-electron chi connectivity index (χ3n) is 3.64. The van der Waals surface area contributed by atoms with Crippen LogP contribution in [-0.4, -0.2) is 16.3 Å². The van der Waals surface area contributed by atoms with Gasteiger partial charge in [0.2, 0.25) is 0 Å². The summed E-state index contributed by atoms with van der Waals surface area (Å²) < 4.78 is 1.65. The second kappa shape index (κ2) is 5.54. The number of aryl methyl sites for hydroxylation is 1. The maximum absolute atomic E-state index is 12.1. The first-order valence-corrected chi connectivity index (χ1v) is 7.00. The lowest BCUT2D eigenvalue weighted by Gasteiger charge is -2.08. The minimum absolute atomic E-state index is 0.0220. The van der Waals surface area contributed by atoms with E-state index in [4.69, 9.17) is 5.11 Å². The third kappa shape index (κ3) is 2.73. The number of aliphatic hydroxyl groups excluding tert-OH is 1. The van der Waals surface area contributed by atoms with E-state index in [1.165, 1.54) is 0 Å². The molecule has 0 atom stereocenters. The largest absolute Gasteiger partial charge is 0.396 e. The van der Waals surface area contributed by atoms with Crippen LogP contribution >= 0.6 is 0 Å². The van der Waals surface area contributed by atoms with Crippen LogP contribution in [0.3, 0.4) is 0 Å². The number of hydrogen-bond acceptors (Lipinski definition) is 2. The van der Waals surface area contributed by atoms with Gasteiger partial charge in [-0.2, -0.15) is 0 Å². The summed E-state index contributed by atoms with van der Waals surface area (Å²) in [5, 5.41) is 11.2. The molecule has 3 nitrogen and oxygen atoms in total. The van der Waals surface area contributed by atoms with Gasteiger partial charge in [0.05, 0.1) is 0 Å². The number of benzene rings is 2. The molecule has 0 bridgehead atoms. The van der Waals surface area contributed by atoms with E-state index in [0.29, 0.717) is 6.42 Å². The van der Waals surface area contributed by atoms with Crippen molar-refractivity contribution in [1.29, 1.82) is 0 Å². The zero-order valence-electron chi connectivity index (χ0n) is 11.9. The molecule has 0 amide bonds. The fourth-order valence-corrected chi connectivity index (χ4v) is 2.51. The van der Waals surface area contributed by atoms with E-state index in [1.54, 1.807) is 16.8 Å². The van der Waals surface area contributed by atoms with Crippen LogP contribution in [0.2, 0.25) is 0 Å². The van der Waals surface area contributed by atoms with E-state index in [2.05, 4.69) is 6.07 Å². The smallest absolute Gasteiger partial charge is 0.255 e. The molecule has 3 aromatic rings. The fraction of sp³-hybridized carbons (Fsp3) is 0.167. The number of rotatable bonds is 3. The third-order valence-corrected chi connectivity index (χ3v) is 3.64. The SMILES string of the molecule is Cc1ccn(-c2ccc3cc(CCO)ccc3c2)c(=O)c1. The Morgan fingerprint density at radius 1 is 1.00 bits per heavy atom. The van der Waals surface area contributed by atoms with Crippen molar-refractivity contribution in [2.24, 2.45) is 0 Å². The van der Waals surface area contributed by atoms with Gasteiger partial charge >= 0.3 is 0 Å². The standard InChI is InChI=1S/C18H17NO2/c1-13-6-8-19(18(21)10-13)17-5-4-15-11-14(7-9-20)2-3-16(15)12-17/h2-6,8,10-12,20H,7,9H2,1H3. The Bertz CT molecular complexity index is 849. The number of aromatic nitrogens is 1. The molecule has 0 aliphatic carbocycles. The Hall–Kier alpha value is -2.39. The second-order valence-corrected chi connectivity index (χ2v) is 5.25. The van der Waals surface area contributed by atoms with Gasteiger partial charge in [0.1, 0.15) is 0 Å². The number of nitrogens with zero attached hydrogens (tertiary/aromatic N) is 1. The van der Waals surface area contributed by atoms with Gasteiger partial charge in [-0.25, -0.2) is 0 Å². The molecule has 0 unspecified atom stereocenters. The van der Waals surface area contributed by atoms with Crippen molar-refractivity contribution in [2.45, 2.75) is 13.3 Å². The van der Waals surface area contributed by atoms with Crippen LogP contribution in [0, 0.1) is 6.92 Å². The maximum atomic E-state index is 12.1. The highest BCUT2D eigenvalue weighted by molar-refractivity contribution is 5.85. The van der Waals surface area contributed by atoms with Crippen LogP contribution in [0.15, 0.2) is 59.5 Å². The van der Waals surface area contributed by atoms with E-state index in [9.17, 15) is 4.79 Å². The van der Waals surface area contributed by atoms with E-state index < -0.39 is 0 Å². The lowest BCUT2D eigenvalue weighted by molar-refractivity contribution is 0.299. The number of fused-ring (bicyclic) bond motifs is 1. The minimum atomic E-state index is -0.0220. The average Bonchev–Trinajstić information content (AvgIpc) is 2.47. The van der Waals surface area contributed by atoms with Crippen molar-refractivity contribution >= 4 is 10.8 Å². The summed E-state index contributed by atoms with van der Waals surface area (Å²) in [5.41, 5.74) is 2.92. The molecule has 1 heterocycles. The first-order valence-electron chi connectivity index (χ1n) is 7.00. The molecule has 21 heavy (non-hydrogen) atoms. The highest BCUT2D eigenvalue weighted by atomic mass is 16.2. The Kier molecular flexibility index (Phi) is 3.59. The minimum Gasteiger partial charge on any atom is -0.396 e. The summed E-state index contributed by atoms with van der Waals surface area (Å²) in [5.74, 6) is 0. The summed E-state index contributed by atoms with van der Waals surface area (Å²) in [6.07, 6.45) is 2.47. The van der Waals surface area contributed by atoms with Crippen LogP contribution < -0.4 is 5.56 Å². The fourth-order valence-electron chi connectivity index (χ4n) is 2.51. The average molecular weight is 279 g/mol. The zero-order valence-corrected chi connectivity index (χ0v) is 11.9. The molecule has 0 fully saturated rings. The van der Waals surface area contributed by atoms with Gasteiger partial charge in [-0.05, 0) is 53.4 Å². The number of hydrogen-bond donors (Lipinski definition) is 1. The zero-order chi connectivity index (χ0) is 14.8. The van der Waals surface area contributed by atoms with Crippen molar-refractivity contribution in [2.75, 3.05) is 6.61 Å². The van der Waals surface area contributed by atoms with Gasteiger partial charge in [0.15, 0.2) is 0 Å². The summed E-state index contributed by atoms with van der Waals surface area (Å²) in [7, 11) is 0. The summed E-state index contributed by atoms with van der Waals surface area (Å²) >= 11 is 0. The van der Waals surface area contributed by atoms with Gasteiger partial charge in [-0.1, -0.05) is 24.3 Å².